The summed E-state index contributed by atoms with van der Waals surface area (Å²) in [6, 6.07) is 6.69. The highest BCUT2D eigenvalue weighted by atomic mass is 79.9. The summed E-state index contributed by atoms with van der Waals surface area (Å²) in [4.78, 5) is 3.77. The molecule has 1 heterocycles. The van der Waals surface area contributed by atoms with Crippen molar-refractivity contribution in [3.8, 4) is 0 Å². The van der Waals surface area contributed by atoms with Crippen molar-refractivity contribution < 1.29 is 0 Å². The van der Waals surface area contributed by atoms with E-state index in [1.807, 2.05) is 0 Å². The highest BCUT2D eigenvalue weighted by Gasteiger charge is 2.23. The maximum absolute atomic E-state index is 3.77. The highest BCUT2D eigenvalue weighted by molar-refractivity contribution is 9.10. The minimum absolute atomic E-state index is 0.762. The van der Waals surface area contributed by atoms with Gasteiger partial charge in [0, 0.05) is 21.1 Å². The van der Waals surface area contributed by atoms with Gasteiger partial charge in [-0.15, -0.1) is 0 Å². The lowest BCUT2D eigenvalue weighted by Gasteiger charge is -2.22. The third-order valence-electron chi connectivity index (χ3n) is 6.69. The zero-order valence-corrected chi connectivity index (χ0v) is 19.6. The Labute approximate surface area is 181 Å². The van der Waals surface area contributed by atoms with Crippen LogP contribution in [0.2, 0.25) is 0 Å². The first-order chi connectivity index (χ1) is 13.8. The molecule has 2 aromatic rings. The Kier molecular flexibility index (Phi) is 9.44. The Bertz CT molecular complexity index is 702. The number of halogens is 1. The summed E-state index contributed by atoms with van der Waals surface area (Å²) in [5, 5.41) is 1.45. The molecule has 0 aliphatic heterocycles. The van der Waals surface area contributed by atoms with Gasteiger partial charge < -0.3 is 4.98 Å². The van der Waals surface area contributed by atoms with E-state index in [1.54, 1.807) is 11.3 Å². The fraction of sp³-hybridized carbons (Fsp3) is 0.692. The molecule has 0 fully saturated rings. The second kappa shape index (κ2) is 12.1. The van der Waals surface area contributed by atoms with Gasteiger partial charge in [-0.1, -0.05) is 99.9 Å². The van der Waals surface area contributed by atoms with Crippen molar-refractivity contribution in [3.63, 3.8) is 0 Å². The number of H-pyrrole nitrogens is 1. The smallest absolute Gasteiger partial charge is 0.0459 e. The minimum atomic E-state index is 0.762. The lowest BCUT2D eigenvalue weighted by atomic mass is 9.83. The molecule has 1 aliphatic rings. The van der Waals surface area contributed by atoms with Gasteiger partial charge in [0.25, 0.3) is 0 Å². The van der Waals surface area contributed by atoms with E-state index in [9.17, 15) is 0 Å². The fourth-order valence-corrected chi connectivity index (χ4v) is 5.41. The van der Waals surface area contributed by atoms with E-state index >= 15 is 0 Å². The van der Waals surface area contributed by atoms with E-state index < -0.39 is 0 Å². The molecule has 0 spiro atoms. The number of aromatic amines is 1. The van der Waals surface area contributed by atoms with E-state index in [-0.39, 0.29) is 0 Å². The van der Waals surface area contributed by atoms with Crippen LogP contribution in [-0.4, -0.2) is 4.98 Å². The lowest BCUT2D eigenvalue weighted by molar-refractivity contribution is 0.475. The molecule has 1 nitrogen and oxygen atoms in total. The van der Waals surface area contributed by atoms with Crippen LogP contribution in [-0.2, 0) is 6.42 Å². The van der Waals surface area contributed by atoms with Gasteiger partial charge in [-0.2, -0.15) is 0 Å². The summed E-state index contributed by atoms with van der Waals surface area (Å²) < 4.78 is 1.20. The third kappa shape index (κ3) is 6.37. The van der Waals surface area contributed by atoms with E-state index in [2.05, 4.69) is 46.0 Å². The number of rotatable bonds is 13. The van der Waals surface area contributed by atoms with Gasteiger partial charge in [0.15, 0.2) is 0 Å². The molecule has 1 N–H and O–H groups in total. The minimum Gasteiger partial charge on any atom is -0.358 e. The first kappa shape index (κ1) is 21.9. The summed E-state index contributed by atoms with van der Waals surface area (Å²) in [7, 11) is 0. The summed E-state index contributed by atoms with van der Waals surface area (Å²) >= 11 is 3.64. The van der Waals surface area contributed by atoms with Crippen LogP contribution in [0.5, 0.6) is 0 Å². The maximum atomic E-state index is 3.77. The van der Waals surface area contributed by atoms with Crippen LogP contribution in [0.25, 0.3) is 10.9 Å². The van der Waals surface area contributed by atoms with Gasteiger partial charge in [-0.05, 0) is 55.4 Å². The molecule has 1 aromatic heterocycles. The molecule has 0 saturated heterocycles. The maximum Gasteiger partial charge on any atom is 0.0459 e. The first-order valence-electron chi connectivity index (χ1n) is 12.1. The van der Waals surface area contributed by atoms with Crippen molar-refractivity contribution in [2.75, 3.05) is 0 Å². The molecular weight excluding hydrogens is 406 g/mol. The monoisotopic (exact) mass is 445 g/mol. The predicted molar refractivity (Wildman–Crippen MR) is 127 cm³/mol. The number of hydrogen-bond acceptors (Lipinski definition) is 0. The SMILES string of the molecule is CCCCCCCCCCCCCCC1CCCc2c1[nH]c1ccc(Br)cc21. The molecular formula is C26H40BrN. The van der Waals surface area contributed by atoms with Crippen LogP contribution in [0.15, 0.2) is 22.7 Å². The van der Waals surface area contributed by atoms with Crippen LogP contribution in [0.4, 0.5) is 0 Å². The Morgan fingerprint density at radius 1 is 0.893 bits per heavy atom. The normalized spacial score (nSPS) is 16.6. The molecule has 1 aliphatic carbocycles. The van der Waals surface area contributed by atoms with Crippen LogP contribution in [0.3, 0.4) is 0 Å². The van der Waals surface area contributed by atoms with Crippen molar-refractivity contribution >= 4 is 26.8 Å². The molecule has 28 heavy (non-hydrogen) atoms. The Balaban J connectivity index is 1.31. The van der Waals surface area contributed by atoms with Crippen LogP contribution >= 0.6 is 15.9 Å². The molecule has 2 heteroatoms. The average Bonchev–Trinajstić information content (AvgIpc) is 3.07. The number of aryl methyl sites for hydroxylation is 1. The summed E-state index contributed by atoms with van der Waals surface area (Å²) in [6.07, 6.45) is 22.6. The molecule has 0 amide bonds. The van der Waals surface area contributed by atoms with E-state index in [1.165, 1.54) is 118 Å². The Morgan fingerprint density at radius 3 is 2.21 bits per heavy atom. The van der Waals surface area contributed by atoms with Crippen LogP contribution in [0.1, 0.15) is 120 Å². The van der Waals surface area contributed by atoms with Gasteiger partial charge in [0.05, 0.1) is 0 Å². The van der Waals surface area contributed by atoms with Crippen molar-refractivity contribution in [2.24, 2.45) is 0 Å². The Hall–Kier alpha value is -0.760. The first-order valence-corrected chi connectivity index (χ1v) is 12.9. The number of unbranched alkanes of at least 4 members (excludes halogenated alkanes) is 11. The average molecular weight is 447 g/mol. The number of benzene rings is 1. The number of aromatic nitrogens is 1. The molecule has 1 unspecified atom stereocenters. The van der Waals surface area contributed by atoms with Crippen molar-refractivity contribution in [1.82, 2.24) is 4.98 Å². The zero-order chi connectivity index (χ0) is 19.6. The van der Waals surface area contributed by atoms with Crippen LogP contribution in [0, 0.1) is 0 Å². The number of nitrogens with one attached hydrogen (secondary N) is 1. The summed E-state index contributed by atoms with van der Waals surface area (Å²) in [5.41, 5.74) is 4.49. The quantitative estimate of drug-likeness (QED) is 0.295. The van der Waals surface area contributed by atoms with Gasteiger partial charge >= 0.3 is 0 Å². The predicted octanol–water partition coefficient (Wildman–Crippen LogP) is 9.44. The Morgan fingerprint density at radius 2 is 1.54 bits per heavy atom. The van der Waals surface area contributed by atoms with E-state index in [0.717, 1.165) is 5.92 Å². The second-order valence-corrected chi connectivity index (χ2v) is 9.89. The third-order valence-corrected chi connectivity index (χ3v) is 7.19. The van der Waals surface area contributed by atoms with E-state index in [4.69, 9.17) is 0 Å². The van der Waals surface area contributed by atoms with Crippen molar-refractivity contribution in [2.45, 2.75) is 116 Å². The fourth-order valence-electron chi connectivity index (χ4n) is 5.05. The van der Waals surface area contributed by atoms with Crippen molar-refractivity contribution in [1.29, 1.82) is 0 Å². The van der Waals surface area contributed by atoms with Gasteiger partial charge in [0.2, 0.25) is 0 Å². The van der Waals surface area contributed by atoms with Gasteiger partial charge in [0.1, 0.15) is 0 Å². The molecule has 0 saturated carbocycles. The standard InChI is InChI=1S/C26H40BrN/c1-2-3-4-5-6-7-8-9-10-11-12-13-15-21-16-14-17-23-24-20-22(27)18-19-25(24)28-26(21)23/h18-21,28H,2-17H2,1H3. The second-order valence-electron chi connectivity index (χ2n) is 8.97. The van der Waals surface area contributed by atoms with Crippen LogP contribution < -0.4 is 0 Å². The summed E-state index contributed by atoms with van der Waals surface area (Å²) in [5.74, 6) is 0.762. The molecule has 1 atom stereocenters. The highest BCUT2D eigenvalue weighted by Crippen LogP contribution is 2.39. The topological polar surface area (TPSA) is 15.8 Å². The molecule has 0 bridgehead atoms. The van der Waals surface area contributed by atoms with Gasteiger partial charge in [-0.25, -0.2) is 0 Å². The number of fused-ring (bicyclic) bond motifs is 3. The van der Waals surface area contributed by atoms with Crippen molar-refractivity contribution in [3.05, 3.63) is 33.9 Å². The molecule has 0 radical (unpaired) electrons. The molecule has 3 rings (SSSR count). The zero-order valence-electron chi connectivity index (χ0n) is 18.0. The summed E-state index contributed by atoms with van der Waals surface area (Å²) in [6.45, 7) is 2.30. The number of hydrogen-bond donors (Lipinski definition) is 1. The molecule has 156 valence electrons. The molecule has 1 aromatic carbocycles. The van der Waals surface area contributed by atoms with E-state index in [0.29, 0.717) is 0 Å². The lowest BCUT2D eigenvalue weighted by Crippen LogP contribution is -2.09. The largest absolute Gasteiger partial charge is 0.358 e. The van der Waals surface area contributed by atoms with Gasteiger partial charge in [-0.3, -0.25) is 0 Å².